The molecule has 26 heavy (non-hydrogen) atoms. The third-order valence-electron chi connectivity index (χ3n) is 3.95. The van der Waals surface area contributed by atoms with E-state index < -0.39 is 26.5 Å². The molecule has 0 heterocycles. The van der Waals surface area contributed by atoms with E-state index in [0.717, 1.165) is 0 Å². The van der Waals surface area contributed by atoms with Crippen molar-refractivity contribution in [1.82, 2.24) is 0 Å². The lowest BCUT2D eigenvalue weighted by atomic mass is 10.1. The number of halogens is 2. The van der Waals surface area contributed by atoms with Gasteiger partial charge in [-0.1, -0.05) is 17.7 Å². The number of carbonyl (C=O) groups is 1. The van der Waals surface area contributed by atoms with Crippen LogP contribution in [0, 0.1) is 12.7 Å². The maximum atomic E-state index is 12.9. The summed E-state index contributed by atoms with van der Waals surface area (Å²) in [7, 11) is -3.88. The van der Waals surface area contributed by atoms with E-state index in [9.17, 15) is 17.6 Å². The van der Waals surface area contributed by atoms with Gasteiger partial charge in [-0.15, -0.1) is 0 Å². The van der Waals surface area contributed by atoms with Crippen LogP contribution in [0.3, 0.4) is 0 Å². The molecule has 0 aromatic heterocycles. The van der Waals surface area contributed by atoms with Gasteiger partial charge in [0.05, 0.1) is 10.4 Å². The fraction of sp³-hybridized carbons (Fsp3) is 0.278. The summed E-state index contributed by atoms with van der Waals surface area (Å²) in [5, 5.41) is 3.00. The van der Waals surface area contributed by atoms with Crippen molar-refractivity contribution in [1.29, 1.82) is 0 Å². The molecule has 5 nitrogen and oxygen atoms in total. The Kier molecular flexibility index (Phi) is 5.93. The first-order valence-corrected chi connectivity index (χ1v) is 9.71. The minimum absolute atomic E-state index is 0.278. The van der Waals surface area contributed by atoms with Crippen molar-refractivity contribution in [2.24, 2.45) is 0 Å². The van der Waals surface area contributed by atoms with E-state index in [-0.39, 0.29) is 6.42 Å². The van der Waals surface area contributed by atoms with Crippen molar-refractivity contribution in [3.8, 4) is 0 Å². The fourth-order valence-corrected chi connectivity index (χ4v) is 3.50. The van der Waals surface area contributed by atoms with E-state index in [4.69, 9.17) is 11.6 Å². The number of hydrogen-bond donors (Lipinski definition) is 2. The molecule has 2 N–H and O–H groups in total. The van der Waals surface area contributed by atoms with Gasteiger partial charge in [0.1, 0.15) is 5.82 Å². The largest absolute Gasteiger partial charge is 0.326 e. The van der Waals surface area contributed by atoms with E-state index in [0.29, 0.717) is 22.0 Å². The van der Waals surface area contributed by atoms with E-state index >= 15 is 0 Å². The Bertz CT molecular complexity index is 913. The summed E-state index contributed by atoms with van der Waals surface area (Å²) in [5.74, 6) is -0.915. The molecular formula is C18H20ClFN2O3S. The van der Waals surface area contributed by atoms with Gasteiger partial charge in [0.2, 0.25) is 15.9 Å². The molecule has 0 unspecified atom stereocenters. The first-order chi connectivity index (χ1) is 12.0. The lowest BCUT2D eigenvalue weighted by Gasteiger charge is -2.25. The molecule has 0 saturated carbocycles. The van der Waals surface area contributed by atoms with Crippen LogP contribution in [0.15, 0.2) is 42.5 Å². The van der Waals surface area contributed by atoms with Gasteiger partial charge in [-0.2, -0.15) is 0 Å². The SMILES string of the molecule is Cc1c(Cl)cccc1NS(=O)(=O)C(C)(C)CC(=O)Nc1ccc(F)cc1. The molecule has 2 rings (SSSR count). The Morgan fingerprint density at radius 3 is 2.38 bits per heavy atom. The van der Waals surface area contributed by atoms with Gasteiger partial charge in [-0.05, 0) is 62.7 Å². The van der Waals surface area contributed by atoms with Gasteiger partial charge in [0, 0.05) is 17.1 Å². The third-order valence-corrected chi connectivity index (χ3v) is 6.45. The molecule has 2 aromatic carbocycles. The summed E-state index contributed by atoms with van der Waals surface area (Å²) in [6, 6.07) is 10.1. The average Bonchev–Trinajstić information content (AvgIpc) is 2.53. The Balaban J connectivity index is 2.12. The highest BCUT2D eigenvalue weighted by Crippen LogP contribution is 2.28. The van der Waals surface area contributed by atoms with Gasteiger partial charge >= 0.3 is 0 Å². The molecule has 1 amide bonds. The third kappa shape index (κ3) is 4.74. The van der Waals surface area contributed by atoms with Crippen LogP contribution in [0.25, 0.3) is 0 Å². The number of carbonyl (C=O) groups excluding carboxylic acids is 1. The second-order valence-electron chi connectivity index (χ2n) is 6.51. The summed E-state index contributed by atoms with van der Waals surface area (Å²) in [6.45, 7) is 4.62. The van der Waals surface area contributed by atoms with Gasteiger partial charge in [-0.3, -0.25) is 9.52 Å². The zero-order valence-corrected chi connectivity index (χ0v) is 16.2. The molecule has 0 radical (unpaired) electrons. The minimum Gasteiger partial charge on any atom is -0.326 e. The molecule has 0 bridgehead atoms. The lowest BCUT2D eigenvalue weighted by molar-refractivity contribution is -0.116. The highest BCUT2D eigenvalue weighted by Gasteiger charge is 2.37. The predicted octanol–water partition coefficient (Wildman–Crippen LogP) is 4.34. The molecule has 0 saturated heterocycles. The van der Waals surface area contributed by atoms with Crippen LogP contribution in [-0.4, -0.2) is 19.1 Å². The standard InChI is InChI=1S/C18H20ClFN2O3S/c1-12-15(19)5-4-6-16(12)22-26(24,25)18(2,3)11-17(23)21-14-9-7-13(20)8-10-14/h4-10,22H,11H2,1-3H3,(H,21,23). The van der Waals surface area contributed by atoms with Crippen molar-refractivity contribution in [3.63, 3.8) is 0 Å². The summed E-state index contributed by atoms with van der Waals surface area (Å²) >= 11 is 6.02. The maximum Gasteiger partial charge on any atom is 0.238 e. The van der Waals surface area contributed by atoms with E-state index in [1.165, 1.54) is 38.1 Å². The Morgan fingerprint density at radius 1 is 1.15 bits per heavy atom. The van der Waals surface area contributed by atoms with Crippen molar-refractivity contribution < 1.29 is 17.6 Å². The Hall–Kier alpha value is -2.12. The molecule has 8 heteroatoms. The van der Waals surface area contributed by atoms with E-state index in [1.807, 2.05) is 0 Å². The van der Waals surface area contributed by atoms with Gasteiger partial charge in [-0.25, -0.2) is 12.8 Å². The average molecular weight is 399 g/mol. The quantitative estimate of drug-likeness (QED) is 0.760. The molecule has 0 aliphatic carbocycles. The van der Waals surface area contributed by atoms with Crippen LogP contribution in [-0.2, 0) is 14.8 Å². The number of rotatable bonds is 6. The predicted molar refractivity (Wildman–Crippen MR) is 102 cm³/mol. The van der Waals surface area contributed by atoms with Gasteiger partial charge in [0.25, 0.3) is 0 Å². The van der Waals surface area contributed by atoms with Gasteiger partial charge in [0.15, 0.2) is 0 Å². The highest BCUT2D eigenvalue weighted by atomic mass is 35.5. The highest BCUT2D eigenvalue weighted by molar-refractivity contribution is 7.94. The first-order valence-electron chi connectivity index (χ1n) is 7.85. The molecule has 0 spiro atoms. The van der Waals surface area contributed by atoms with Gasteiger partial charge < -0.3 is 5.32 Å². The van der Waals surface area contributed by atoms with Crippen molar-refractivity contribution in [2.75, 3.05) is 10.0 Å². The fourth-order valence-electron chi connectivity index (χ4n) is 2.22. The topological polar surface area (TPSA) is 75.3 Å². The molecule has 0 aliphatic heterocycles. The normalized spacial score (nSPS) is 11.9. The first kappa shape index (κ1) is 20.2. The summed E-state index contributed by atoms with van der Waals surface area (Å²) in [6.07, 6.45) is -0.278. The zero-order chi connectivity index (χ0) is 19.5. The van der Waals surface area contributed by atoms with Crippen LogP contribution in [0.4, 0.5) is 15.8 Å². The Morgan fingerprint density at radius 2 is 1.77 bits per heavy atom. The monoisotopic (exact) mass is 398 g/mol. The molecular weight excluding hydrogens is 379 g/mol. The van der Waals surface area contributed by atoms with Crippen LogP contribution in [0.2, 0.25) is 5.02 Å². The number of anilines is 2. The van der Waals surface area contributed by atoms with Crippen molar-refractivity contribution in [2.45, 2.75) is 31.9 Å². The van der Waals surface area contributed by atoms with Crippen LogP contribution < -0.4 is 10.0 Å². The number of benzene rings is 2. The van der Waals surface area contributed by atoms with Crippen molar-refractivity contribution >= 4 is 38.9 Å². The number of sulfonamides is 1. The second-order valence-corrected chi connectivity index (χ2v) is 9.23. The molecule has 2 aromatic rings. The number of hydrogen-bond acceptors (Lipinski definition) is 3. The van der Waals surface area contributed by atoms with Crippen molar-refractivity contribution in [3.05, 3.63) is 58.9 Å². The number of amides is 1. The molecule has 140 valence electrons. The van der Waals surface area contributed by atoms with Crippen LogP contribution in [0.1, 0.15) is 25.8 Å². The minimum atomic E-state index is -3.88. The van der Waals surface area contributed by atoms with E-state index in [2.05, 4.69) is 10.0 Å². The lowest BCUT2D eigenvalue weighted by Crippen LogP contribution is -2.40. The summed E-state index contributed by atoms with van der Waals surface area (Å²) in [5.41, 5.74) is 1.36. The maximum absolute atomic E-state index is 12.9. The smallest absolute Gasteiger partial charge is 0.238 e. The summed E-state index contributed by atoms with van der Waals surface area (Å²) < 4.78 is 39.5. The molecule has 0 atom stereocenters. The second kappa shape index (κ2) is 7.63. The summed E-state index contributed by atoms with van der Waals surface area (Å²) in [4.78, 5) is 12.2. The van der Waals surface area contributed by atoms with E-state index in [1.54, 1.807) is 25.1 Å². The number of nitrogens with one attached hydrogen (secondary N) is 2. The molecule has 0 aliphatic rings. The van der Waals surface area contributed by atoms with Crippen LogP contribution >= 0.6 is 11.6 Å². The van der Waals surface area contributed by atoms with Crippen LogP contribution in [0.5, 0.6) is 0 Å². The zero-order valence-electron chi connectivity index (χ0n) is 14.6. The Labute approximate surface area is 157 Å². The molecule has 0 fully saturated rings.